The normalized spacial score (nSPS) is 12.5. The quantitative estimate of drug-likeness (QED) is 0.517. The molecule has 0 saturated carbocycles. The molecule has 0 unspecified atom stereocenters. The average molecular weight is 414 g/mol. The summed E-state index contributed by atoms with van der Waals surface area (Å²) in [5.74, 6) is 0.449. The number of benzene rings is 2. The van der Waals surface area contributed by atoms with Gasteiger partial charge in [-0.2, -0.15) is 5.26 Å². The molecular weight excluding hydrogens is 388 g/mol. The number of hydrogen-bond acceptors (Lipinski definition) is 7. The van der Waals surface area contributed by atoms with Crippen LogP contribution in [0.3, 0.4) is 0 Å². The molecule has 2 rings (SSSR count). The molecule has 8 nitrogen and oxygen atoms in total. The number of nitrogens with one attached hydrogen (secondary N) is 1. The fourth-order valence-corrected chi connectivity index (χ4v) is 2.90. The topological polar surface area (TPSA) is 121 Å². The van der Waals surface area contributed by atoms with Gasteiger partial charge in [0, 0.05) is 30.9 Å². The smallest absolute Gasteiger partial charge is 0.412 e. The van der Waals surface area contributed by atoms with Gasteiger partial charge >= 0.3 is 6.09 Å². The molecule has 0 aliphatic heterocycles. The van der Waals surface area contributed by atoms with Crippen LogP contribution in [0, 0.1) is 11.3 Å². The van der Waals surface area contributed by atoms with Gasteiger partial charge in [-0.25, -0.2) is 4.79 Å². The third-order valence-electron chi connectivity index (χ3n) is 4.20. The largest absolute Gasteiger partial charge is 0.491 e. The van der Waals surface area contributed by atoms with Gasteiger partial charge in [-0.1, -0.05) is 18.2 Å². The molecule has 1 amide bonds. The molecule has 0 aromatic heterocycles. The Labute approximate surface area is 175 Å². The molecule has 8 heteroatoms. The molecule has 0 aliphatic carbocycles. The summed E-state index contributed by atoms with van der Waals surface area (Å²) in [7, 11) is 0. The number of nitriles is 1. The molecule has 160 valence electrons. The zero-order valence-electron chi connectivity index (χ0n) is 16.8. The second-order valence-electron chi connectivity index (χ2n) is 6.26. The molecule has 0 bridgehead atoms. The molecule has 0 fully saturated rings. The lowest BCUT2D eigenvalue weighted by molar-refractivity contribution is -0.0493. The van der Waals surface area contributed by atoms with Crippen molar-refractivity contribution in [3.63, 3.8) is 0 Å². The SMILES string of the molecule is CCO[C@@H](CCO)[C@@H](OC(=O)Nc1ccc(C#N)cc1)c1ccccc1OCCO. The van der Waals surface area contributed by atoms with Gasteiger partial charge in [0.25, 0.3) is 0 Å². The van der Waals surface area contributed by atoms with Gasteiger partial charge in [-0.3, -0.25) is 5.32 Å². The lowest BCUT2D eigenvalue weighted by atomic mass is 10.0. The van der Waals surface area contributed by atoms with E-state index in [0.29, 0.717) is 29.2 Å². The van der Waals surface area contributed by atoms with E-state index in [1.165, 1.54) is 0 Å². The molecule has 2 aromatic carbocycles. The van der Waals surface area contributed by atoms with Crippen molar-refractivity contribution in [2.45, 2.75) is 25.6 Å². The Bertz CT molecular complexity index is 828. The van der Waals surface area contributed by atoms with Crippen LogP contribution in [0.25, 0.3) is 0 Å². The van der Waals surface area contributed by atoms with Crippen molar-refractivity contribution >= 4 is 11.8 Å². The molecule has 0 spiro atoms. The monoisotopic (exact) mass is 414 g/mol. The van der Waals surface area contributed by atoms with Crippen molar-refractivity contribution in [1.82, 2.24) is 0 Å². The summed E-state index contributed by atoms with van der Waals surface area (Å²) in [5.41, 5.74) is 1.51. The Morgan fingerprint density at radius 2 is 1.87 bits per heavy atom. The molecule has 3 N–H and O–H groups in total. The first-order valence-electron chi connectivity index (χ1n) is 9.65. The minimum absolute atomic E-state index is 0.0838. The lowest BCUT2D eigenvalue weighted by Gasteiger charge is -2.28. The number of carbonyl (C=O) groups excluding carboxylic acids is 1. The first kappa shape index (κ1) is 23.2. The highest BCUT2D eigenvalue weighted by molar-refractivity contribution is 5.84. The zero-order chi connectivity index (χ0) is 21.8. The summed E-state index contributed by atoms with van der Waals surface area (Å²) in [6.07, 6.45) is -1.93. The van der Waals surface area contributed by atoms with Crippen molar-refractivity contribution in [2.75, 3.05) is 31.7 Å². The molecule has 0 saturated heterocycles. The molecule has 0 heterocycles. The number of aliphatic hydroxyl groups excluding tert-OH is 2. The van der Waals surface area contributed by atoms with Crippen LogP contribution >= 0.6 is 0 Å². The number of ether oxygens (including phenoxy) is 3. The van der Waals surface area contributed by atoms with E-state index in [9.17, 15) is 9.90 Å². The summed E-state index contributed by atoms with van der Waals surface area (Å²) >= 11 is 0. The molecule has 0 radical (unpaired) electrons. The number of anilines is 1. The predicted octanol–water partition coefficient (Wildman–Crippen LogP) is 3.01. The maximum atomic E-state index is 12.6. The van der Waals surface area contributed by atoms with Crippen molar-refractivity contribution in [2.24, 2.45) is 0 Å². The zero-order valence-corrected chi connectivity index (χ0v) is 16.8. The van der Waals surface area contributed by atoms with Gasteiger partial charge < -0.3 is 24.4 Å². The van der Waals surface area contributed by atoms with Gasteiger partial charge in [-0.05, 0) is 37.3 Å². The minimum atomic E-state index is -0.856. The Kier molecular flexibility index (Phi) is 9.61. The Morgan fingerprint density at radius 3 is 2.50 bits per heavy atom. The summed E-state index contributed by atoms with van der Waals surface area (Å²) < 4.78 is 17.0. The molecule has 0 aliphatic rings. The van der Waals surface area contributed by atoms with Crippen LogP contribution in [0.15, 0.2) is 48.5 Å². The standard InChI is InChI=1S/C22H26N2O6/c1-2-28-20(11-12-25)21(18-5-3-4-6-19(18)29-14-13-26)30-22(27)24-17-9-7-16(15-23)8-10-17/h3-10,20-21,25-26H,2,11-14H2,1H3,(H,24,27)/t20-,21-/m0/s1. The van der Waals surface area contributed by atoms with E-state index in [1.54, 1.807) is 48.5 Å². The van der Waals surface area contributed by atoms with E-state index >= 15 is 0 Å². The van der Waals surface area contributed by atoms with E-state index < -0.39 is 18.3 Å². The Balaban J connectivity index is 2.27. The maximum absolute atomic E-state index is 12.6. The van der Waals surface area contributed by atoms with Crippen LogP contribution in [-0.2, 0) is 9.47 Å². The van der Waals surface area contributed by atoms with Gasteiger partial charge in [-0.15, -0.1) is 0 Å². The van der Waals surface area contributed by atoms with Crippen molar-refractivity contribution in [3.05, 3.63) is 59.7 Å². The number of carbonyl (C=O) groups is 1. The highest BCUT2D eigenvalue weighted by Crippen LogP contribution is 2.33. The number of hydrogen-bond donors (Lipinski definition) is 3. The van der Waals surface area contributed by atoms with Crippen LogP contribution in [0.2, 0.25) is 0 Å². The number of para-hydroxylation sites is 1. The second-order valence-corrected chi connectivity index (χ2v) is 6.26. The van der Waals surface area contributed by atoms with Gasteiger partial charge in [0.2, 0.25) is 0 Å². The van der Waals surface area contributed by atoms with Crippen molar-refractivity contribution < 1.29 is 29.2 Å². The molecular formula is C22H26N2O6. The van der Waals surface area contributed by atoms with Crippen molar-refractivity contribution in [3.8, 4) is 11.8 Å². The first-order chi connectivity index (χ1) is 14.6. The van der Waals surface area contributed by atoms with E-state index in [1.807, 2.05) is 13.0 Å². The van der Waals surface area contributed by atoms with Crippen LogP contribution in [0.4, 0.5) is 10.5 Å². The number of nitrogens with zero attached hydrogens (tertiary/aromatic N) is 1. The number of amides is 1. The van der Waals surface area contributed by atoms with E-state index in [4.69, 9.17) is 24.6 Å². The van der Waals surface area contributed by atoms with Gasteiger partial charge in [0.05, 0.1) is 18.2 Å². The van der Waals surface area contributed by atoms with Crippen LogP contribution < -0.4 is 10.1 Å². The third kappa shape index (κ3) is 6.74. The van der Waals surface area contributed by atoms with E-state index in [0.717, 1.165) is 0 Å². The molecule has 30 heavy (non-hydrogen) atoms. The predicted molar refractivity (Wildman–Crippen MR) is 110 cm³/mol. The molecule has 2 atom stereocenters. The average Bonchev–Trinajstić information content (AvgIpc) is 2.77. The highest BCUT2D eigenvalue weighted by Gasteiger charge is 2.30. The fourth-order valence-electron chi connectivity index (χ4n) is 2.90. The number of aliphatic hydroxyl groups is 2. The summed E-state index contributed by atoms with van der Waals surface area (Å²) in [6, 6.07) is 15.4. The Hall–Kier alpha value is -3.12. The van der Waals surface area contributed by atoms with Gasteiger partial charge in [0.15, 0.2) is 6.10 Å². The summed E-state index contributed by atoms with van der Waals surface area (Å²) in [5, 5.41) is 30.1. The first-order valence-corrected chi connectivity index (χ1v) is 9.65. The van der Waals surface area contributed by atoms with Crippen molar-refractivity contribution in [1.29, 1.82) is 5.26 Å². The second kappa shape index (κ2) is 12.4. The lowest BCUT2D eigenvalue weighted by Crippen LogP contribution is -2.30. The van der Waals surface area contributed by atoms with Crippen LogP contribution in [0.5, 0.6) is 5.75 Å². The van der Waals surface area contributed by atoms with Crippen LogP contribution in [-0.4, -0.2) is 48.8 Å². The van der Waals surface area contributed by atoms with Crippen LogP contribution in [0.1, 0.15) is 30.6 Å². The third-order valence-corrected chi connectivity index (χ3v) is 4.20. The van der Waals surface area contributed by atoms with E-state index in [2.05, 4.69) is 5.32 Å². The van der Waals surface area contributed by atoms with Gasteiger partial charge in [0.1, 0.15) is 18.5 Å². The van der Waals surface area contributed by atoms with E-state index in [-0.39, 0.29) is 26.2 Å². The molecule has 2 aromatic rings. The summed E-state index contributed by atoms with van der Waals surface area (Å²) in [6.45, 7) is 1.94. The maximum Gasteiger partial charge on any atom is 0.412 e. The minimum Gasteiger partial charge on any atom is -0.491 e. The fraction of sp³-hybridized carbons (Fsp3) is 0.364. The summed E-state index contributed by atoms with van der Waals surface area (Å²) in [4.78, 5) is 12.6. The highest BCUT2D eigenvalue weighted by atomic mass is 16.6. The number of rotatable bonds is 11. The Morgan fingerprint density at radius 1 is 1.13 bits per heavy atom.